The van der Waals surface area contributed by atoms with Crippen molar-refractivity contribution in [2.24, 2.45) is 5.73 Å². The molecule has 0 bridgehead atoms. The van der Waals surface area contributed by atoms with Gasteiger partial charge in [-0.25, -0.2) is 0 Å². The topological polar surface area (TPSA) is 79.5 Å². The molecule has 1 aromatic carbocycles. The average molecular weight is 305 g/mol. The van der Waals surface area contributed by atoms with Gasteiger partial charge in [0.1, 0.15) is 12.0 Å². The maximum absolute atomic E-state index is 12.0. The van der Waals surface area contributed by atoms with Crippen LogP contribution in [0.5, 0.6) is 5.75 Å². The molecule has 21 heavy (non-hydrogen) atoms. The van der Waals surface area contributed by atoms with Crippen LogP contribution in [0.25, 0.3) is 0 Å². The highest BCUT2D eigenvalue weighted by molar-refractivity contribution is 5.27. The predicted molar refractivity (Wildman–Crippen MR) is 70.4 cm³/mol. The number of aliphatic hydroxyl groups excluding tert-OH is 1. The van der Waals surface area contributed by atoms with Crippen LogP contribution in [0.3, 0.4) is 0 Å². The maximum Gasteiger partial charge on any atom is 0.573 e. The van der Waals surface area contributed by atoms with E-state index in [1.807, 2.05) is 0 Å². The second-order valence-corrected chi connectivity index (χ2v) is 5.03. The lowest BCUT2D eigenvalue weighted by Crippen LogP contribution is -2.44. The highest BCUT2D eigenvalue weighted by Crippen LogP contribution is 2.22. The zero-order valence-corrected chi connectivity index (χ0v) is 11.2. The third-order valence-electron chi connectivity index (χ3n) is 3.25. The minimum atomic E-state index is -4.69. The van der Waals surface area contributed by atoms with Crippen LogP contribution in [0.1, 0.15) is 12.0 Å². The van der Waals surface area contributed by atoms with Gasteiger partial charge in [0, 0.05) is 25.2 Å². The number of hydrogen-bond acceptors (Lipinski definition) is 5. The summed E-state index contributed by atoms with van der Waals surface area (Å²) in [6, 6.07) is 5.41. The summed E-state index contributed by atoms with van der Waals surface area (Å²) < 4.78 is 39.8. The molecule has 1 aliphatic heterocycles. The summed E-state index contributed by atoms with van der Waals surface area (Å²) in [5, 5.41) is 15.9. The number of hydrogen-bond donors (Lipinski definition) is 4. The molecule has 1 saturated heterocycles. The van der Waals surface area contributed by atoms with E-state index in [0.717, 1.165) is 5.56 Å². The molecule has 1 fully saturated rings. The molecule has 0 radical (unpaired) electrons. The normalized spacial score (nSPS) is 24.0. The number of alkyl halides is 3. The summed E-state index contributed by atoms with van der Waals surface area (Å²) in [6.07, 6.45) is -4.78. The number of nitrogens with one attached hydrogen (secondary N) is 2. The molecule has 3 atom stereocenters. The summed E-state index contributed by atoms with van der Waals surface area (Å²) in [5.74, 6) is -0.268. The Morgan fingerprint density at radius 3 is 2.57 bits per heavy atom. The van der Waals surface area contributed by atoms with E-state index in [1.165, 1.54) is 24.3 Å². The Labute approximate surface area is 120 Å². The fraction of sp³-hybridized carbons (Fsp3) is 0.538. The lowest BCUT2D eigenvalue weighted by Gasteiger charge is -2.19. The molecule has 0 spiro atoms. The molecule has 118 valence electrons. The zero-order valence-electron chi connectivity index (χ0n) is 11.2. The first-order chi connectivity index (χ1) is 9.83. The second kappa shape index (κ2) is 6.61. The van der Waals surface area contributed by atoms with E-state index in [-0.39, 0.29) is 17.8 Å². The Kier molecular flexibility index (Phi) is 5.04. The smallest absolute Gasteiger partial charge is 0.406 e. The van der Waals surface area contributed by atoms with Crippen LogP contribution in [-0.4, -0.2) is 36.3 Å². The second-order valence-electron chi connectivity index (χ2n) is 5.03. The van der Waals surface area contributed by atoms with Crippen molar-refractivity contribution < 1.29 is 23.0 Å². The molecule has 0 aliphatic carbocycles. The van der Waals surface area contributed by atoms with E-state index in [1.54, 1.807) is 0 Å². The van der Waals surface area contributed by atoms with Gasteiger partial charge in [-0.05, 0) is 24.1 Å². The van der Waals surface area contributed by atoms with Crippen LogP contribution in [-0.2, 0) is 6.54 Å². The van der Waals surface area contributed by atoms with Crippen molar-refractivity contribution in [3.63, 3.8) is 0 Å². The quantitative estimate of drug-likeness (QED) is 0.602. The fourth-order valence-electron chi connectivity index (χ4n) is 2.21. The summed E-state index contributed by atoms with van der Waals surface area (Å²) in [5.41, 5.74) is 6.47. The van der Waals surface area contributed by atoms with Gasteiger partial charge in [-0.3, -0.25) is 5.32 Å². The summed E-state index contributed by atoms with van der Waals surface area (Å²) in [7, 11) is 0. The Bertz CT molecular complexity index is 453. The van der Waals surface area contributed by atoms with Gasteiger partial charge in [0.05, 0.1) is 0 Å². The van der Waals surface area contributed by atoms with Crippen LogP contribution in [0.2, 0.25) is 0 Å². The van der Waals surface area contributed by atoms with E-state index < -0.39 is 12.6 Å². The number of rotatable bonds is 5. The molecule has 1 heterocycles. The lowest BCUT2D eigenvalue weighted by molar-refractivity contribution is -0.274. The van der Waals surface area contributed by atoms with Gasteiger partial charge >= 0.3 is 6.36 Å². The molecule has 8 heteroatoms. The van der Waals surface area contributed by atoms with Crippen molar-refractivity contribution >= 4 is 0 Å². The van der Waals surface area contributed by atoms with E-state index in [4.69, 9.17) is 5.73 Å². The first-order valence-electron chi connectivity index (χ1n) is 6.58. The van der Waals surface area contributed by atoms with Crippen molar-refractivity contribution in [1.29, 1.82) is 0 Å². The Morgan fingerprint density at radius 1 is 1.38 bits per heavy atom. The van der Waals surface area contributed by atoms with Crippen LogP contribution < -0.4 is 21.1 Å². The van der Waals surface area contributed by atoms with Gasteiger partial charge < -0.3 is 20.9 Å². The fourth-order valence-corrected chi connectivity index (χ4v) is 2.21. The van der Waals surface area contributed by atoms with Crippen LogP contribution >= 0.6 is 0 Å². The van der Waals surface area contributed by atoms with Crippen LogP contribution in [0, 0.1) is 0 Å². The SMILES string of the molecule is NC1CNC(C(O)NCc2ccc(OC(F)(F)F)cc2)C1. The third kappa shape index (κ3) is 5.16. The number of nitrogens with two attached hydrogens (primary N) is 1. The largest absolute Gasteiger partial charge is 0.573 e. The van der Waals surface area contributed by atoms with E-state index >= 15 is 0 Å². The first-order valence-corrected chi connectivity index (χ1v) is 6.58. The Morgan fingerprint density at radius 2 is 2.05 bits per heavy atom. The zero-order chi connectivity index (χ0) is 15.5. The van der Waals surface area contributed by atoms with Gasteiger partial charge in [-0.2, -0.15) is 0 Å². The minimum Gasteiger partial charge on any atom is -0.406 e. The van der Waals surface area contributed by atoms with Gasteiger partial charge in [0.25, 0.3) is 0 Å². The molecule has 3 unspecified atom stereocenters. The number of aliphatic hydroxyl groups is 1. The highest BCUT2D eigenvalue weighted by Gasteiger charge is 2.31. The van der Waals surface area contributed by atoms with Crippen molar-refractivity contribution in [1.82, 2.24) is 10.6 Å². The summed E-state index contributed by atoms with van der Waals surface area (Å²) >= 11 is 0. The maximum atomic E-state index is 12.0. The van der Waals surface area contributed by atoms with Crippen LogP contribution in [0.4, 0.5) is 13.2 Å². The van der Waals surface area contributed by atoms with Crippen molar-refractivity contribution in [2.75, 3.05) is 6.54 Å². The molecule has 1 aliphatic rings. The molecule has 5 N–H and O–H groups in total. The number of ether oxygens (including phenoxy) is 1. The molecule has 1 aromatic rings. The van der Waals surface area contributed by atoms with E-state index in [9.17, 15) is 18.3 Å². The minimum absolute atomic E-state index is 0.0326. The van der Waals surface area contributed by atoms with Gasteiger partial charge in [0.15, 0.2) is 0 Å². The molecular weight excluding hydrogens is 287 g/mol. The predicted octanol–water partition coefficient (Wildman–Crippen LogP) is 0.682. The van der Waals surface area contributed by atoms with Crippen LogP contribution in [0.15, 0.2) is 24.3 Å². The number of halogens is 3. The molecular formula is C13H18F3N3O2. The van der Waals surface area contributed by atoms with Gasteiger partial charge in [0.2, 0.25) is 0 Å². The summed E-state index contributed by atoms with van der Waals surface area (Å²) in [6.45, 7) is 0.994. The monoisotopic (exact) mass is 305 g/mol. The highest BCUT2D eigenvalue weighted by atomic mass is 19.4. The van der Waals surface area contributed by atoms with Crippen molar-refractivity contribution in [3.8, 4) is 5.75 Å². The third-order valence-corrected chi connectivity index (χ3v) is 3.25. The lowest BCUT2D eigenvalue weighted by atomic mass is 10.1. The summed E-state index contributed by atoms with van der Waals surface area (Å²) in [4.78, 5) is 0. The Hall–Kier alpha value is -1.35. The first kappa shape index (κ1) is 16.0. The van der Waals surface area contributed by atoms with Crippen molar-refractivity contribution in [3.05, 3.63) is 29.8 Å². The van der Waals surface area contributed by atoms with Crippen molar-refractivity contribution in [2.45, 2.75) is 37.6 Å². The standard InChI is InChI=1S/C13H18F3N3O2/c14-13(15,16)21-10-3-1-8(2-4-10)6-19-12(20)11-5-9(17)7-18-11/h1-4,9,11-12,18-20H,5-7,17H2. The van der Waals surface area contributed by atoms with Gasteiger partial charge in [-0.1, -0.05) is 12.1 Å². The molecule has 0 saturated carbocycles. The van der Waals surface area contributed by atoms with Gasteiger partial charge in [-0.15, -0.1) is 13.2 Å². The van der Waals surface area contributed by atoms with E-state index in [2.05, 4.69) is 15.4 Å². The number of benzene rings is 1. The average Bonchev–Trinajstić information content (AvgIpc) is 2.82. The molecule has 5 nitrogen and oxygen atoms in total. The molecule has 2 rings (SSSR count). The molecule has 0 amide bonds. The van der Waals surface area contributed by atoms with E-state index in [0.29, 0.717) is 19.5 Å². The Balaban J connectivity index is 1.80. The molecule has 0 aromatic heterocycles.